The van der Waals surface area contributed by atoms with E-state index in [-0.39, 0.29) is 17.7 Å². The minimum absolute atomic E-state index is 0.118. The molecule has 0 spiro atoms. The van der Waals surface area contributed by atoms with E-state index in [0.29, 0.717) is 23.2 Å². The molecule has 0 saturated carbocycles. The van der Waals surface area contributed by atoms with Crippen LogP contribution in [0.25, 0.3) is 6.08 Å². The SMILES string of the molecule is O=C1CCCN1/C=C/c1cccc(N2C(=O)c3ccccc3C2=O)c1. The number of likely N-dealkylation sites (tertiary alicyclic amines) is 1. The second kappa shape index (κ2) is 6.02. The quantitative estimate of drug-likeness (QED) is 0.812. The zero-order valence-corrected chi connectivity index (χ0v) is 13.5. The first kappa shape index (κ1) is 15.3. The van der Waals surface area contributed by atoms with Gasteiger partial charge in [-0.1, -0.05) is 24.3 Å². The maximum atomic E-state index is 12.6. The molecular formula is C20H16N2O3. The molecule has 4 rings (SSSR count). The van der Waals surface area contributed by atoms with Gasteiger partial charge in [0.05, 0.1) is 16.8 Å². The molecule has 0 atom stereocenters. The smallest absolute Gasteiger partial charge is 0.266 e. The monoisotopic (exact) mass is 332 g/mol. The maximum absolute atomic E-state index is 12.6. The number of hydrogen-bond acceptors (Lipinski definition) is 3. The van der Waals surface area contributed by atoms with Crippen molar-refractivity contribution in [3.8, 4) is 0 Å². The van der Waals surface area contributed by atoms with Gasteiger partial charge in [0.15, 0.2) is 0 Å². The number of amides is 3. The fourth-order valence-corrected chi connectivity index (χ4v) is 3.19. The molecule has 5 heteroatoms. The average Bonchev–Trinajstić information content (AvgIpc) is 3.15. The minimum atomic E-state index is -0.309. The Bertz CT molecular complexity index is 882. The van der Waals surface area contributed by atoms with Crippen molar-refractivity contribution in [3.63, 3.8) is 0 Å². The Morgan fingerprint density at radius 2 is 1.60 bits per heavy atom. The van der Waals surface area contributed by atoms with Crippen LogP contribution in [0.5, 0.6) is 0 Å². The van der Waals surface area contributed by atoms with Crippen molar-refractivity contribution in [3.05, 3.63) is 71.4 Å². The zero-order chi connectivity index (χ0) is 17.4. The van der Waals surface area contributed by atoms with E-state index in [1.54, 1.807) is 53.6 Å². The first-order chi connectivity index (χ1) is 12.1. The van der Waals surface area contributed by atoms with Gasteiger partial charge in [-0.15, -0.1) is 0 Å². The van der Waals surface area contributed by atoms with Crippen molar-refractivity contribution in [2.75, 3.05) is 11.4 Å². The van der Waals surface area contributed by atoms with Gasteiger partial charge in [-0.2, -0.15) is 0 Å². The number of imide groups is 1. The van der Waals surface area contributed by atoms with Crippen molar-refractivity contribution in [2.45, 2.75) is 12.8 Å². The number of nitrogens with zero attached hydrogens (tertiary/aromatic N) is 2. The van der Waals surface area contributed by atoms with Crippen LogP contribution in [0.4, 0.5) is 5.69 Å². The summed E-state index contributed by atoms with van der Waals surface area (Å²) in [5.74, 6) is -0.499. The molecule has 0 aromatic heterocycles. The summed E-state index contributed by atoms with van der Waals surface area (Å²) in [4.78, 5) is 39.7. The second-order valence-corrected chi connectivity index (χ2v) is 6.09. The number of benzene rings is 2. The molecule has 2 aliphatic heterocycles. The number of rotatable bonds is 3. The normalized spacial score (nSPS) is 17.0. The Morgan fingerprint density at radius 3 is 2.24 bits per heavy atom. The van der Waals surface area contributed by atoms with E-state index in [2.05, 4.69) is 0 Å². The van der Waals surface area contributed by atoms with Crippen LogP contribution in [0.15, 0.2) is 54.7 Å². The van der Waals surface area contributed by atoms with Crippen LogP contribution in [-0.2, 0) is 4.79 Å². The molecule has 0 radical (unpaired) electrons. The summed E-state index contributed by atoms with van der Waals surface area (Å²) >= 11 is 0. The molecule has 0 N–H and O–H groups in total. The summed E-state index contributed by atoms with van der Waals surface area (Å²) < 4.78 is 0. The lowest BCUT2D eigenvalue weighted by atomic mass is 10.1. The van der Waals surface area contributed by atoms with E-state index in [0.717, 1.165) is 18.5 Å². The highest BCUT2D eigenvalue weighted by molar-refractivity contribution is 6.34. The molecule has 1 fully saturated rings. The zero-order valence-electron chi connectivity index (χ0n) is 13.5. The number of carbonyl (C=O) groups excluding carboxylic acids is 3. The molecule has 5 nitrogen and oxygen atoms in total. The van der Waals surface area contributed by atoms with Gasteiger partial charge in [-0.05, 0) is 42.3 Å². The van der Waals surface area contributed by atoms with Crippen molar-refractivity contribution in [1.29, 1.82) is 0 Å². The van der Waals surface area contributed by atoms with E-state index < -0.39 is 0 Å². The maximum Gasteiger partial charge on any atom is 0.266 e. The molecule has 3 amide bonds. The largest absolute Gasteiger partial charge is 0.319 e. The molecule has 2 aromatic carbocycles. The van der Waals surface area contributed by atoms with Gasteiger partial charge in [0, 0.05) is 19.2 Å². The van der Waals surface area contributed by atoms with Gasteiger partial charge in [0.1, 0.15) is 0 Å². The first-order valence-corrected chi connectivity index (χ1v) is 8.21. The highest BCUT2D eigenvalue weighted by atomic mass is 16.2. The summed E-state index contributed by atoms with van der Waals surface area (Å²) in [7, 11) is 0. The topological polar surface area (TPSA) is 57.7 Å². The van der Waals surface area contributed by atoms with Crippen LogP contribution in [0, 0.1) is 0 Å². The number of carbonyl (C=O) groups is 3. The van der Waals surface area contributed by atoms with Crippen LogP contribution in [0.3, 0.4) is 0 Å². The third-order valence-electron chi connectivity index (χ3n) is 4.48. The molecule has 1 saturated heterocycles. The van der Waals surface area contributed by atoms with Crippen molar-refractivity contribution in [2.24, 2.45) is 0 Å². The van der Waals surface area contributed by atoms with Gasteiger partial charge in [-0.3, -0.25) is 14.4 Å². The fourth-order valence-electron chi connectivity index (χ4n) is 3.19. The lowest BCUT2D eigenvalue weighted by Gasteiger charge is -2.14. The lowest BCUT2D eigenvalue weighted by molar-refractivity contribution is -0.125. The lowest BCUT2D eigenvalue weighted by Crippen LogP contribution is -2.29. The molecule has 2 aromatic rings. The van der Waals surface area contributed by atoms with Crippen LogP contribution < -0.4 is 4.90 Å². The molecular weight excluding hydrogens is 316 g/mol. The van der Waals surface area contributed by atoms with Gasteiger partial charge >= 0.3 is 0 Å². The average molecular weight is 332 g/mol. The summed E-state index contributed by atoms with van der Waals surface area (Å²) in [6.45, 7) is 0.730. The van der Waals surface area contributed by atoms with Gasteiger partial charge in [0.2, 0.25) is 5.91 Å². The fraction of sp³-hybridized carbons (Fsp3) is 0.150. The molecule has 124 valence electrons. The molecule has 0 aliphatic carbocycles. The predicted octanol–water partition coefficient (Wildman–Crippen LogP) is 3.08. The van der Waals surface area contributed by atoms with Crippen LogP contribution in [-0.4, -0.2) is 29.2 Å². The van der Waals surface area contributed by atoms with Gasteiger partial charge < -0.3 is 4.90 Å². The predicted molar refractivity (Wildman–Crippen MR) is 94.0 cm³/mol. The highest BCUT2D eigenvalue weighted by Gasteiger charge is 2.36. The third kappa shape index (κ3) is 2.63. The summed E-state index contributed by atoms with van der Waals surface area (Å²) in [6, 6.07) is 14.0. The Balaban J connectivity index is 1.62. The van der Waals surface area contributed by atoms with Crippen molar-refractivity contribution < 1.29 is 14.4 Å². The van der Waals surface area contributed by atoms with E-state index in [9.17, 15) is 14.4 Å². The molecule has 0 unspecified atom stereocenters. The summed E-state index contributed by atoms with van der Waals surface area (Å²) in [5.41, 5.74) is 2.21. The van der Waals surface area contributed by atoms with Crippen molar-refractivity contribution in [1.82, 2.24) is 4.90 Å². The van der Waals surface area contributed by atoms with Gasteiger partial charge in [0.25, 0.3) is 11.8 Å². The van der Waals surface area contributed by atoms with Gasteiger partial charge in [-0.25, -0.2) is 4.90 Å². The van der Waals surface area contributed by atoms with E-state index in [4.69, 9.17) is 0 Å². The Morgan fingerprint density at radius 1 is 0.880 bits per heavy atom. The van der Waals surface area contributed by atoms with Crippen LogP contribution >= 0.6 is 0 Å². The van der Waals surface area contributed by atoms with Crippen LogP contribution in [0.1, 0.15) is 39.1 Å². The number of anilines is 1. The third-order valence-corrected chi connectivity index (χ3v) is 4.48. The molecule has 0 bridgehead atoms. The van der Waals surface area contributed by atoms with E-state index >= 15 is 0 Å². The molecule has 25 heavy (non-hydrogen) atoms. The van der Waals surface area contributed by atoms with E-state index in [1.807, 2.05) is 12.1 Å². The Labute approximate surface area is 145 Å². The summed E-state index contributed by atoms with van der Waals surface area (Å²) in [5, 5.41) is 0. The number of hydrogen-bond donors (Lipinski definition) is 0. The Kier molecular flexibility index (Phi) is 3.69. The standard InChI is InChI=1S/C20H16N2O3/c23-18-9-4-11-21(18)12-10-14-5-3-6-15(13-14)22-19(24)16-7-1-2-8-17(16)20(22)25/h1-3,5-8,10,12-13H,4,9,11H2/b12-10+. The molecule has 2 aliphatic rings. The summed E-state index contributed by atoms with van der Waals surface area (Å²) in [6.07, 6.45) is 5.04. The van der Waals surface area contributed by atoms with E-state index in [1.165, 1.54) is 4.90 Å². The molecule has 2 heterocycles. The van der Waals surface area contributed by atoms with Crippen molar-refractivity contribution >= 4 is 29.5 Å². The Hall–Kier alpha value is -3.21. The minimum Gasteiger partial charge on any atom is -0.319 e. The van der Waals surface area contributed by atoms with Crippen LogP contribution in [0.2, 0.25) is 0 Å². The highest BCUT2D eigenvalue weighted by Crippen LogP contribution is 2.29. The number of fused-ring (bicyclic) bond motifs is 1. The second-order valence-electron chi connectivity index (χ2n) is 6.09. The first-order valence-electron chi connectivity index (χ1n) is 8.21.